The molecule has 4 rings (SSSR count). The van der Waals surface area contributed by atoms with Crippen LogP contribution in [0.2, 0.25) is 0 Å². The number of phenols is 2. The van der Waals surface area contributed by atoms with Crippen LogP contribution < -0.4 is 4.74 Å². The Morgan fingerprint density at radius 1 is 1.26 bits per heavy atom. The molecule has 3 aromatic rings. The molecule has 1 aromatic heterocycles. The highest BCUT2D eigenvalue weighted by Gasteiger charge is 2.42. The average Bonchev–Trinajstić information content (AvgIpc) is 3.27. The van der Waals surface area contributed by atoms with E-state index in [1.54, 1.807) is 23.1 Å². The van der Waals surface area contributed by atoms with Crippen LogP contribution in [0.25, 0.3) is 11.3 Å². The fourth-order valence-electron chi connectivity index (χ4n) is 4.12. The predicted octanol–water partition coefficient (Wildman–Crippen LogP) is 4.61. The number of methoxy groups -OCH3 is 1. The van der Waals surface area contributed by atoms with Gasteiger partial charge < -0.3 is 19.8 Å². The number of amides is 1. The highest BCUT2D eigenvalue weighted by molar-refractivity contribution is 9.10. The van der Waals surface area contributed by atoms with Gasteiger partial charge in [0.25, 0.3) is 5.91 Å². The molecule has 1 aliphatic rings. The SMILES string of the molecule is C=CCN1C(=O)c2[nH]nc(-c3cc(C)cc(C)c3O)c2C1c1cc(Br)c(O)c(OC)c1. The molecule has 1 atom stereocenters. The number of halogens is 1. The van der Waals surface area contributed by atoms with Gasteiger partial charge in [-0.3, -0.25) is 9.89 Å². The van der Waals surface area contributed by atoms with E-state index < -0.39 is 6.04 Å². The van der Waals surface area contributed by atoms with E-state index >= 15 is 0 Å². The number of H-pyrrole nitrogens is 1. The third-order valence-electron chi connectivity index (χ3n) is 5.48. The molecule has 0 spiro atoms. The molecule has 0 saturated carbocycles. The number of rotatable bonds is 5. The van der Waals surface area contributed by atoms with Crippen LogP contribution in [-0.2, 0) is 0 Å². The third-order valence-corrected chi connectivity index (χ3v) is 6.08. The molecule has 1 unspecified atom stereocenters. The van der Waals surface area contributed by atoms with Crippen LogP contribution in [0.1, 0.15) is 38.8 Å². The number of benzene rings is 2. The van der Waals surface area contributed by atoms with Crippen molar-refractivity contribution in [2.24, 2.45) is 0 Å². The summed E-state index contributed by atoms with van der Waals surface area (Å²) < 4.78 is 5.76. The predicted molar refractivity (Wildman–Crippen MR) is 121 cm³/mol. The second kappa shape index (κ2) is 7.77. The van der Waals surface area contributed by atoms with Crippen molar-refractivity contribution in [2.45, 2.75) is 19.9 Å². The Hall–Kier alpha value is -3.26. The smallest absolute Gasteiger partial charge is 0.273 e. The number of fused-ring (bicyclic) bond motifs is 1. The molecule has 0 saturated heterocycles. The number of phenolic OH excluding ortho intramolecular Hbond substituents is 2. The number of aromatic amines is 1. The fraction of sp³-hybridized carbons (Fsp3) is 0.217. The average molecular weight is 484 g/mol. The van der Waals surface area contributed by atoms with Gasteiger partial charge in [0.1, 0.15) is 17.1 Å². The van der Waals surface area contributed by atoms with Gasteiger partial charge in [-0.25, -0.2) is 0 Å². The summed E-state index contributed by atoms with van der Waals surface area (Å²) in [5.74, 6) is 0.164. The van der Waals surface area contributed by atoms with Crippen molar-refractivity contribution < 1.29 is 19.7 Å². The summed E-state index contributed by atoms with van der Waals surface area (Å²) >= 11 is 3.37. The summed E-state index contributed by atoms with van der Waals surface area (Å²) in [6, 6.07) is 6.67. The molecule has 0 fully saturated rings. The van der Waals surface area contributed by atoms with E-state index in [4.69, 9.17) is 4.74 Å². The van der Waals surface area contributed by atoms with Gasteiger partial charge in [0, 0.05) is 17.7 Å². The molecule has 2 heterocycles. The molecule has 160 valence electrons. The maximum Gasteiger partial charge on any atom is 0.273 e. The lowest BCUT2D eigenvalue weighted by Crippen LogP contribution is -2.29. The topological polar surface area (TPSA) is 98.7 Å². The van der Waals surface area contributed by atoms with Crippen molar-refractivity contribution in [2.75, 3.05) is 13.7 Å². The van der Waals surface area contributed by atoms with Gasteiger partial charge in [-0.15, -0.1) is 6.58 Å². The quantitative estimate of drug-likeness (QED) is 0.460. The van der Waals surface area contributed by atoms with Crippen LogP contribution in [0.3, 0.4) is 0 Å². The third kappa shape index (κ3) is 3.27. The monoisotopic (exact) mass is 483 g/mol. The molecule has 7 nitrogen and oxygen atoms in total. The van der Waals surface area contributed by atoms with Crippen molar-refractivity contribution in [1.82, 2.24) is 15.1 Å². The van der Waals surface area contributed by atoms with Crippen LogP contribution in [-0.4, -0.2) is 44.9 Å². The Kier molecular flexibility index (Phi) is 5.26. The number of hydrogen-bond acceptors (Lipinski definition) is 5. The molecule has 0 radical (unpaired) electrons. The Balaban J connectivity index is 1.99. The Labute approximate surface area is 188 Å². The summed E-state index contributed by atoms with van der Waals surface area (Å²) in [6.07, 6.45) is 1.66. The zero-order valence-corrected chi connectivity index (χ0v) is 18.9. The molecule has 1 amide bonds. The number of nitrogens with one attached hydrogen (secondary N) is 1. The van der Waals surface area contributed by atoms with Crippen LogP contribution in [0.4, 0.5) is 0 Å². The number of carbonyl (C=O) groups excluding carboxylic acids is 1. The summed E-state index contributed by atoms with van der Waals surface area (Å²) in [5.41, 5.74) is 4.51. The van der Waals surface area contributed by atoms with Crippen molar-refractivity contribution >= 4 is 21.8 Å². The molecular weight excluding hydrogens is 462 g/mol. The number of carbonyl (C=O) groups is 1. The maximum absolute atomic E-state index is 13.2. The molecule has 2 aromatic carbocycles. The fourth-order valence-corrected chi connectivity index (χ4v) is 4.58. The lowest BCUT2D eigenvalue weighted by molar-refractivity contribution is 0.0764. The minimum atomic E-state index is -0.514. The lowest BCUT2D eigenvalue weighted by atomic mass is 9.94. The molecule has 31 heavy (non-hydrogen) atoms. The van der Waals surface area contributed by atoms with Gasteiger partial charge in [0.05, 0.1) is 17.6 Å². The summed E-state index contributed by atoms with van der Waals surface area (Å²) in [5, 5.41) is 28.3. The van der Waals surface area contributed by atoms with Crippen molar-refractivity contribution in [1.29, 1.82) is 0 Å². The summed E-state index contributed by atoms with van der Waals surface area (Å²) in [6.45, 7) is 7.86. The van der Waals surface area contributed by atoms with Crippen LogP contribution >= 0.6 is 15.9 Å². The standard InChI is InChI=1S/C23H22BrN3O4/c1-5-6-27-20(13-9-15(24)22(29)16(10-13)31-4)17-18(25-26-19(17)23(27)30)14-8-11(2)7-12(3)21(14)28/h5,7-10,20,28-29H,1,6H2,2-4H3,(H,25,26). The maximum atomic E-state index is 13.2. The van der Waals surface area contributed by atoms with Crippen molar-refractivity contribution in [3.8, 4) is 28.5 Å². The van der Waals surface area contributed by atoms with Gasteiger partial charge in [-0.05, 0) is 64.7 Å². The Morgan fingerprint density at radius 3 is 2.68 bits per heavy atom. The van der Waals surface area contributed by atoms with Crippen molar-refractivity contribution in [3.63, 3.8) is 0 Å². The highest BCUT2D eigenvalue weighted by Crippen LogP contribution is 2.47. The van der Waals surface area contributed by atoms with Gasteiger partial charge in [-0.1, -0.05) is 12.1 Å². The first kappa shape index (κ1) is 21.0. The van der Waals surface area contributed by atoms with Crippen molar-refractivity contribution in [3.05, 3.63) is 69.3 Å². The zero-order valence-electron chi connectivity index (χ0n) is 17.4. The normalized spacial score (nSPS) is 15.3. The van der Waals surface area contributed by atoms with Crippen LogP contribution in [0.15, 0.2) is 41.4 Å². The van der Waals surface area contributed by atoms with E-state index in [1.165, 1.54) is 7.11 Å². The van der Waals surface area contributed by atoms with Gasteiger partial charge in [0.2, 0.25) is 0 Å². The molecule has 0 bridgehead atoms. The van der Waals surface area contributed by atoms with E-state index in [0.29, 0.717) is 33.5 Å². The summed E-state index contributed by atoms with van der Waals surface area (Å²) in [4.78, 5) is 14.9. The number of aryl methyl sites for hydroxylation is 2. The van der Waals surface area contributed by atoms with E-state index in [1.807, 2.05) is 26.0 Å². The number of aromatic hydroxyl groups is 2. The van der Waals surface area contributed by atoms with Gasteiger partial charge >= 0.3 is 0 Å². The van der Waals surface area contributed by atoms with E-state index in [-0.39, 0.29) is 23.2 Å². The number of aromatic nitrogens is 2. The second-order valence-electron chi connectivity index (χ2n) is 7.54. The number of hydrogen-bond donors (Lipinski definition) is 3. The number of nitrogens with zero attached hydrogens (tertiary/aromatic N) is 2. The van der Waals surface area contributed by atoms with E-state index in [0.717, 1.165) is 16.7 Å². The molecule has 3 N–H and O–H groups in total. The van der Waals surface area contributed by atoms with Crippen LogP contribution in [0, 0.1) is 13.8 Å². The first-order valence-corrected chi connectivity index (χ1v) is 10.4. The lowest BCUT2D eigenvalue weighted by Gasteiger charge is -2.26. The largest absolute Gasteiger partial charge is 0.507 e. The molecule has 8 heteroatoms. The zero-order chi connectivity index (χ0) is 22.4. The summed E-state index contributed by atoms with van der Waals surface area (Å²) in [7, 11) is 1.47. The van der Waals surface area contributed by atoms with Gasteiger partial charge in [-0.2, -0.15) is 5.10 Å². The minimum absolute atomic E-state index is 0.0227. The number of ether oxygens (including phenoxy) is 1. The minimum Gasteiger partial charge on any atom is -0.507 e. The first-order valence-electron chi connectivity index (χ1n) is 9.65. The second-order valence-corrected chi connectivity index (χ2v) is 8.40. The molecule has 0 aliphatic carbocycles. The first-order chi connectivity index (χ1) is 14.8. The van der Waals surface area contributed by atoms with Crippen LogP contribution in [0.5, 0.6) is 17.2 Å². The Bertz CT molecular complexity index is 1220. The Morgan fingerprint density at radius 2 is 2.00 bits per heavy atom. The van der Waals surface area contributed by atoms with E-state index in [9.17, 15) is 15.0 Å². The van der Waals surface area contributed by atoms with E-state index in [2.05, 4.69) is 32.7 Å². The molecular formula is C23H22BrN3O4. The highest BCUT2D eigenvalue weighted by atomic mass is 79.9. The van der Waals surface area contributed by atoms with Gasteiger partial charge in [0.15, 0.2) is 11.5 Å². The molecule has 1 aliphatic heterocycles.